The molecule has 2 aromatic carbocycles. The van der Waals surface area contributed by atoms with Gasteiger partial charge < -0.3 is 9.64 Å². The molecule has 29 heavy (non-hydrogen) atoms. The molecule has 0 bridgehead atoms. The number of carbonyl (C=O) groups excluding carboxylic acids is 1. The van der Waals surface area contributed by atoms with Crippen LogP contribution in [-0.4, -0.2) is 43.4 Å². The first-order valence-corrected chi connectivity index (χ1v) is 11.9. The molecule has 0 aliphatic carbocycles. The monoisotopic (exact) mass is 415 g/mol. The standard InChI is InChI=1S/C23H29NO4S/c1-4-19-5-7-20(8-6-19)14-24(21-9-10-29(26,27)16-21)23(25)15-28-22-12-17(2)11-18(3)13-22/h5-8,11-13,21H,4,9-10,14-16H2,1-3H3/t21-/m0/s1. The summed E-state index contributed by atoms with van der Waals surface area (Å²) < 4.78 is 29.7. The largest absolute Gasteiger partial charge is 0.484 e. The minimum Gasteiger partial charge on any atom is -0.484 e. The molecular weight excluding hydrogens is 386 g/mol. The number of hydrogen-bond donors (Lipinski definition) is 0. The van der Waals surface area contributed by atoms with Crippen molar-refractivity contribution >= 4 is 15.7 Å². The van der Waals surface area contributed by atoms with Gasteiger partial charge in [-0.15, -0.1) is 0 Å². The van der Waals surface area contributed by atoms with E-state index < -0.39 is 9.84 Å². The molecule has 0 N–H and O–H groups in total. The van der Waals surface area contributed by atoms with E-state index in [4.69, 9.17) is 4.74 Å². The quantitative estimate of drug-likeness (QED) is 0.695. The first-order valence-electron chi connectivity index (χ1n) is 10.0. The van der Waals surface area contributed by atoms with Crippen LogP contribution in [0.2, 0.25) is 0 Å². The summed E-state index contributed by atoms with van der Waals surface area (Å²) in [6.07, 6.45) is 1.43. The third kappa shape index (κ3) is 5.82. The second-order valence-electron chi connectivity index (χ2n) is 7.86. The van der Waals surface area contributed by atoms with Gasteiger partial charge in [0.15, 0.2) is 16.4 Å². The lowest BCUT2D eigenvalue weighted by Crippen LogP contribution is -2.43. The van der Waals surface area contributed by atoms with Crippen LogP contribution in [0.5, 0.6) is 5.75 Å². The Hall–Kier alpha value is -2.34. The number of nitrogens with zero attached hydrogens (tertiary/aromatic N) is 1. The lowest BCUT2D eigenvalue weighted by molar-refractivity contribution is -0.136. The molecule has 1 amide bonds. The number of rotatable bonds is 7. The van der Waals surface area contributed by atoms with Crippen LogP contribution in [0, 0.1) is 13.8 Å². The highest BCUT2D eigenvalue weighted by molar-refractivity contribution is 7.91. The Kier molecular flexibility index (Phi) is 6.63. The Morgan fingerprint density at radius 3 is 2.24 bits per heavy atom. The molecule has 1 aliphatic rings. The molecule has 2 aromatic rings. The molecule has 1 atom stereocenters. The van der Waals surface area contributed by atoms with Gasteiger partial charge in [0.2, 0.25) is 0 Å². The summed E-state index contributed by atoms with van der Waals surface area (Å²) in [6, 6.07) is 13.7. The van der Waals surface area contributed by atoms with E-state index in [1.54, 1.807) is 4.90 Å². The third-order valence-electron chi connectivity index (χ3n) is 5.31. The van der Waals surface area contributed by atoms with E-state index in [1.165, 1.54) is 5.56 Å². The molecule has 3 rings (SSSR count). The van der Waals surface area contributed by atoms with E-state index in [2.05, 4.69) is 19.1 Å². The van der Waals surface area contributed by atoms with Crippen molar-refractivity contribution < 1.29 is 17.9 Å². The van der Waals surface area contributed by atoms with Crippen molar-refractivity contribution in [3.05, 3.63) is 64.7 Å². The van der Waals surface area contributed by atoms with Crippen molar-refractivity contribution in [1.29, 1.82) is 0 Å². The normalized spacial score (nSPS) is 17.8. The van der Waals surface area contributed by atoms with Crippen LogP contribution in [0.3, 0.4) is 0 Å². The Bertz CT molecular complexity index is 947. The first-order chi connectivity index (χ1) is 13.8. The van der Waals surface area contributed by atoms with E-state index in [-0.39, 0.29) is 30.1 Å². The number of benzene rings is 2. The molecule has 1 heterocycles. The lowest BCUT2D eigenvalue weighted by atomic mass is 10.1. The van der Waals surface area contributed by atoms with Crippen LogP contribution in [0.25, 0.3) is 0 Å². The SMILES string of the molecule is CCc1ccc(CN(C(=O)COc2cc(C)cc(C)c2)[C@H]2CCS(=O)(=O)C2)cc1. The van der Waals surface area contributed by atoms with Crippen LogP contribution in [0.1, 0.15) is 35.6 Å². The second-order valence-corrected chi connectivity index (χ2v) is 10.1. The summed E-state index contributed by atoms with van der Waals surface area (Å²) in [5, 5.41) is 0. The van der Waals surface area contributed by atoms with Crippen molar-refractivity contribution in [2.75, 3.05) is 18.1 Å². The zero-order chi connectivity index (χ0) is 21.0. The zero-order valence-electron chi connectivity index (χ0n) is 17.3. The van der Waals surface area contributed by atoms with Crippen molar-refractivity contribution in [2.24, 2.45) is 0 Å². The predicted octanol–water partition coefficient (Wildman–Crippen LogP) is 3.46. The highest BCUT2D eigenvalue weighted by Gasteiger charge is 2.34. The molecule has 0 radical (unpaired) electrons. The summed E-state index contributed by atoms with van der Waals surface area (Å²) in [5.74, 6) is 0.622. The van der Waals surface area contributed by atoms with E-state index in [0.29, 0.717) is 18.7 Å². The van der Waals surface area contributed by atoms with Crippen LogP contribution in [0.15, 0.2) is 42.5 Å². The van der Waals surface area contributed by atoms with E-state index in [9.17, 15) is 13.2 Å². The van der Waals surface area contributed by atoms with Gasteiger partial charge in [-0.1, -0.05) is 37.3 Å². The number of sulfone groups is 1. The molecular formula is C23H29NO4S. The summed E-state index contributed by atoms with van der Waals surface area (Å²) >= 11 is 0. The predicted molar refractivity (Wildman–Crippen MR) is 115 cm³/mol. The maximum atomic E-state index is 13.0. The minimum atomic E-state index is -3.09. The van der Waals surface area contributed by atoms with Gasteiger partial charge in [0.25, 0.3) is 5.91 Å². The fourth-order valence-electron chi connectivity index (χ4n) is 3.76. The number of amides is 1. The van der Waals surface area contributed by atoms with Gasteiger partial charge in [0, 0.05) is 12.6 Å². The molecule has 0 aromatic heterocycles. The number of aryl methyl sites for hydroxylation is 3. The Balaban J connectivity index is 1.74. The molecule has 5 nitrogen and oxygen atoms in total. The third-order valence-corrected chi connectivity index (χ3v) is 7.06. The molecule has 6 heteroatoms. The number of ether oxygens (including phenoxy) is 1. The average molecular weight is 416 g/mol. The smallest absolute Gasteiger partial charge is 0.261 e. The van der Waals surface area contributed by atoms with Crippen LogP contribution >= 0.6 is 0 Å². The second kappa shape index (κ2) is 8.99. The Labute approximate surface area is 173 Å². The number of hydrogen-bond acceptors (Lipinski definition) is 4. The van der Waals surface area contributed by atoms with Crippen molar-refractivity contribution in [1.82, 2.24) is 4.90 Å². The van der Waals surface area contributed by atoms with Crippen molar-refractivity contribution in [3.8, 4) is 5.75 Å². The van der Waals surface area contributed by atoms with Gasteiger partial charge >= 0.3 is 0 Å². The van der Waals surface area contributed by atoms with Gasteiger partial charge in [0.1, 0.15) is 5.75 Å². The molecule has 1 fully saturated rings. The first kappa shape index (κ1) is 21.4. The molecule has 0 saturated carbocycles. The van der Waals surface area contributed by atoms with Gasteiger partial charge in [-0.05, 0) is 61.1 Å². The minimum absolute atomic E-state index is 0.0232. The Morgan fingerprint density at radius 1 is 1.07 bits per heavy atom. The number of carbonyl (C=O) groups is 1. The van der Waals surface area contributed by atoms with Crippen LogP contribution in [-0.2, 0) is 27.6 Å². The van der Waals surface area contributed by atoms with Crippen molar-refractivity contribution in [2.45, 2.75) is 46.2 Å². The maximum absolute atomic E-state index is 13.0. The van der Waals surface area contributed by atoms with E-state index in [1.807, 2.05) is 44.2 Å². The summed E-state index contributed by atoms with van der Waals surface area (Å²) in [7, 11) is -3.09. The van der Waals surface area contributed by atoms with Gasteiger partial charge in [-0.3, -0.25) is 4.79 Å². The Morgan fingerprint density at radius 2 is 1.69 bits per heavy atom. The van der Waals surface area contributed by atoms with Crippen LogP contribution < -0.4 is 4.74 Å². The fraction of sp³-hybridized carbons (Fsp3) is 0.435. The molecule has 0 spiro atoms. The van der Waals surface area contributed by atoms with Gasteiger partial charge in [-0.25, -0.2) is 8.42 Å². The summed E-state index contributed by atoms with van der Waals surface area (Å²) in [5.41, 5.74) is 4.36. The molecule has 156 valence electrons. The molecule has 1 saturated heterocycles. The average Bonchev–Trinajstić information content (AvgIpc) is 3.03. The molecule has 0 unspecified atom stereocenters. The topological polar surface area (TPSA) is 63.7 Å². The molecule has 1 aliphatic heterocycles. The van der Waals surface area contributed by atoms with Crippen molar-refractivity contribution in [3.63, 3.8) is 0 Å². The maximum Gasteiger partial charge on any atom is 0.261 e. The zero-order valence-corrected chi connectivity index (χ0v) is 18.2. The van der Waals surface area contributed by atoms with E-state index in [0.717, 1.165) is 23.1 Å². The summed E-state index contributed by atoms with van der Waals surface area (Å²) in [6.45, 7) is 6.35. The lowest BCUT2D eigenvalue weighted by Gasteiger charge is -2.28. The fourth-order valence-corrected chi connectivity index (χ4v) is 5.49. The highest BCUT2D eigenvalue weighted by atomic mass is 32.2. The van der Waals surface area contributed by atoms with Gasteiger partial charge in [-0.2, -0.15) is 0 Å². The summed E-state index contributed by atoms with van der Waals surface area (Å²) in [4.78, 5) is 14.7. The highest BCUT2D eigenvalue weighted by Crippen LogP contribution is 2.22. The van der Waals surface area contributed by atoms with Crippen LogP contribution in [0.4, 0.5) is 0 Å². The van der Waals surface area contributed by atoms with Gasteiger partial charge in [0.05, 0.1) is 11.5 Å². The van der Waals surface area contributed by atoms with E-state index >= 15 is 0 Å².